The summed E-state index contributed by atoms with van der Waals surface area (Å²) in [5.74, 6) is -1.10. The molecular weight excluding hydrogens is 245 g/mol. The molecule has 0 bridgehead atoms. The number of ketones is 1. The summed E-state index contributed by atoms with van der Waals surface area (Å²) < 4.78 is 63.0. The first-order chi connectivity index (χ1) is 7.66. The number of rotatable bonds is 2. The van der Waals surface area contributed by atoms with Gasteiger partial charge in [-0.05, 0) is 13.0 Å². The van der Waals surface area contributed by atoms with E-state index in [0.29, 0.717) is 0 Å². The van der Waals surface area contributed by atoms with E-state index in [0.717, 1.165) is 19.1 Å². The standard InChI is InChI=1S/C10H8F5NO/c1-4(17)7-5(9(11)12)2-3-6(16)8(7)10(13,14)15/h2-3,9H,16H2,1H3. The average Bonchev–Trinajstić information content (AvgIpc) is 2.14. The van der Waals surface area contributed by atoms with Crippen molar-refractivity contribution in [2.75, 3.05) is 5.73 Å². The summed E-state index contributed by atoms with van der Waals surface area (Å²) in [5.41, 5.74) is 0.835. The molecule has 0 saturated carbocycles. The van der Waals surface area contributed by atoms with Crippen LogP contribution in [0.15, 0.2) is 12.1 Å². The van der Waals surface area contributed by atoms with Gasteiger partial charge in [-0.3, -0.25) is 4.79 Å². The molecule has 0 aliphatic carbocycles. The largest absolute Gasteiger partial charge is 0.419 e. The third-order valence-electron chi connectivity index (χ3n) is 2.14. The van der Waals surface area contributed by atoms with Crippen LogP contribution in [0.1, 0.15) is 34.8 Å². The monoisotopic (exact) mass is 253 g/mol. The average molecular weight is 253 g/mol. The molecule has 0 aromatic heterocycles. The lowest BCUT2D eigenvalue weighted by atomic mass is 9.96. The molecule has 2 nitrogen and oxygen atoms in total. The molecule has 0 amide bonds. The first kappa shape index (κ1) is 13.4. The maximum Gasteiger partial charge on any atom is 0.419 e. The molecule has 0 saturated heterocycles. The molecule has 0 fully saturated rings. The van der Waals surface area contributed by atoms with Gasteiger partial charge in [0.15, 0.2) is 5.78 Å². The number of anilines is 1. The van der Waals surface area contributed by atoms with E-state index in [1.165, 1.54) is 0 Å². The van der Waals surface area contributed by atoms with E-state index in [2.05, 4.69) is 0 Å². The van der Waals surface area contributed by atoms with E-state index >= 15 is 0 Å². The lowest BCUT2D eigenvalue weighted by Crippen LogP contribution is -2.17. The summed E-state index contributed by atoms with van der Waals surface area (Å²) in [7, 11) is 0. The zero-order chi connectivity index (χ0) is 13.4. The number of hydrogen-bond acceptors (Lipinski definition) is 2. The second-order valence-electron chi connectivity index (χ2n) is 3.35. The Morgan fingerprint density at radius 2 is 1.82 bits per heavy atom. The number of benzene rings is 1. The van der Waals surface area contributed by atoms with Crippen molar-refractivity contribution in [3.8, 4) is 0 Å². The van der Waals surface area contributed by atoms with Crippen molar-refractivity contribution in [1.82, 2.24) is 0 Å². The van der Waals surface area contributed by atoms with Crippen LogP contribution in [0.3, 0.4) is 0 Å². The molecule has 1 aromatic rings. The number of Topliss-reactive ketones (excluding diaryl/α,β-unsaturated/α-hetero) is 1. The van der Waals surface area contributed by atoms with Crippen LogP contribution in [0.25, 0.3) is 0 Å². The Bertz CT molecular complexity index is 453. The minimum atomic E-state index is -4.95. The van der Waals surface area contributed by atoms with Gasteiger partial charge in [0.2, 0.25) is 0 Å². The zero-order valence-electron chi connectivity index (χ0n) is 8.61. The fourth-order valence-electron chi connectivity index (χ4n) is 1.50. The minimum absolute atomic E-state index is 0.719. The summed E-state index contributed by atoms with van der Waals surface area (Å²) in [6.45, 7) is 0.788. The molecule has 94 valence electrons. The maximum atomic E-state index is 12.6. The van der Waals surface area contributed by atoms with Crippen LogP contribution in [-0.4, -0.2) is 5.78 Å². The lowest BCUT2D eigenvalue weighted by Gasteiger charge is -2.16. The second kappa shape index (κ2) is 4.31. The van der Waals surface area contributed by atoms with Crippen LogP contribution in [0.5, 0.6) is 0 Å². The van der Waals surface area contributed by atoms with Crippen molar-refractivity contribution in [3.63, 3.8) is 0 Å². The van der Waals surface area contributed by atoms with Crippen LogP contribution < -0.4 is 5.73 Å². The fraction of sp³-hybridized carbons (Fsp3) is 0.300. The summed E-state index contributed by atoms with van der Waals surface area (Å²) in [6, 6.07) is 1.45. The molecule has 0 aliphatic rings. The quantitative estimate of drug-likeness (QED) is 0.498. The molecule has 0 atom stereocenters. The van der Waals surface area contributed by atoms with Crippen molar-refractivity contribution in [2.24, 2.45) is 0 Å². The zero-order valence-corrected chi connectivity index (χ0v) is 8.61. The predicted octanol–water partition coefficient (Wildman–Crippen LogP) is 3.43. The topological polar surface area (TPSA) is 43.1 Å². The lowest BCUT2D eigenvalue weighted by molar-refractivity contribution is -0.137. The minimum Gasteiger partial charge on any atom is -0.398 e. The maximum absolute atomic E-state index is 12.6. The Morgan fingerprint density at radius 3 is 2.18 bits per heavy atom. The highest BCUT2D eigenvalue weighted by Crippen LogP contribution is 2.39. The van der Waals surface area contributed by atoms with E-state index in [1.54, 1.807) is 0 Å². The predicted molar refractivity (Wildman–Crippen MR) is 50.8 cm³/mol. The number of halogens is 5. The molecule has 7 heteroatoms. The summed E-state index contributed by atoms with van der Waals surface area (Å²) in [4.78, 5) is 11.1. The Kier molecular flexibility index (Phi) is 3.40. The summed E-state index contributed by atoms with van der Waals surface area (Å²) in [6.07, 6.45) is -8.12. The van der Waals surface area contributed by atoms with Crippen LogP contribution in [-0.2, 0) is 6.18 Å². The van der Waals surface area contributed by atoms with Crippen molar-refractivity contribution in [1.29, 1.82) is 0 Å². The van der Waals surface area contributed by atoms with Gasteiger partial charge in [-0.2, -0.15) is 13.2 Å². The first-order valence-electron chi connectivity index (χ1n) is 4.45. The third-order valence-corrected chi connectivity index (χ3v) is 2.14. The van der Waals surface area contributed by atoms with E-state index < -0.39 is 40.8 Å². The van der Waals surface area contributed by atoms with Crippen molar-refractivity contribution in [2.45, 2.75) is 19.5 Å². The van der Waals surface area contributed by atoms with Crippen LogP contribution in [0, 0.1) is 0 Å². The molecule has 2 N–H and O–H groups in total. The van der Waals surface area contributed by atoms with Crippen molar-refractivity contribution in [3.05, 3.63) is 28.8 Å². The molecule has 1 aromatic carbocycles. The number of hydrogen-bond donors (Lipinski definition) is 1. The molecule has 0 radical (unpaired) electrons. The van der Waals surface area contributed by atoms with E-state index in [1.807, 2.05) is 0 Å². The van der Waals surface area contributed by atoms with Gasteiger partial charge < -0.3 is 5.73 Å². The smallest absolute Gasteiger partial charge is 0.398 e. The Hall–Kier alpha value is -1.66. The van der Waals surface area contributed by atoms with Gasteiger partial charge in [0.25, 0.3) is 6.43 Å². The molecule has 0 aliphatic heterocycles. The van der Waals surface area contributed by atoms with E-state index in [9.17, 15) is 26.7 Å². The SMILES string of the molecule is CC(=O)c1c(C(F)F)ccc(N)c1C(F)(F)F. The third kappa shape index (κ3) is 2.54. The number of nitrogen functional groups attached to an aromatic ring is 1. The second-order valence-corrected chi connectivity index (χ2v) is 3.35. The Morgan fingerprint density at radius 1 is 1.29 bits per heavy atom. The molecule has 0 unspecified atom stereocenters. The van der Waals surface area contributed by atoms with Gasteiger partial charge in [0, 0.05) is 16.8 Å². The van der Waals surface area contributed by atoms with Gasteiger partial charge in [0.05, 0.1) is 5.56 Å². The van der Waals surface area contributed by atoms with E-state index in [-0.39, 0.29) is 0 Å². The van der Waals surface area contributed by atoms with Crippen LogP contribution in [0.4, 0.5) is 27.6 Å². The van der Waals surface area contributed by atoms with Gasteiger partial charge in [-0.1, -0.05) is 6.07 Å². The normalized spacial score (nSPS) is 11.9. The van der Waals surface area contributed by atoms with Crippen molar-refractivity contribution < 1.29 is 26.7 Å². The molecule has 17 heavy (non-hydrogen) atoms. The molecule has 0 heterocycles. The Balaban J connectivity index is 3.67. The van der Waals surface area contributed by atoms with E-state index in [4.69, 9.17) is 5.73 Å². The van der Waals surface area contributed by atoms with Crippen LogP contribution >= 0.6 is 0 Å². The molecular formula is C10H8F5NO. The fourth-order valence-corrected chi connectivity index (χ4v) is 1.50. The number of carbonyl (C=O) groups is 1. The number of carbonyl (C=O) groups excluding carboxylic acids is 1. The van der Waals surface area contributed by atoms with Gasteiger partial charge >= 0.3 is 6.18 Å². The number of nitrogens with two attached hydrogens (primary N) is 1. The van der Waals surface area contributed by atoms with Crippen molar-refractivity contribution >= 4 is 11.5 Å². The summed E-state index contributed by atoms with van der Waals surface area (Å²) in [5, 5.41) is 0. The highest BCUT2D eigenvalue weighted by molar-refractivity contribution is 5.98. The van der Waals surface area contributed by atoms with Crippen LogP contribution in [0.2, 0.25) is 0 Å². The van der Waals surface area contributed by atoms with Gasteiger partial charge in [-0.25, -0.2) is 8.78 Å². The Labute approximate surface area is 93.2 Å². The highest BCUT2D eigenvalue weighted by atomic mass is 19.4. The first-order valence-corrected chi connectivity index (χ1v) is 4.45. The van der Waals surface area contributed by atoms with Gasteiger partial charge in [-0.15, -0.1) is 0 Å². The number of alkyl halides is 5. The molecule has 0 spiro atoms. The molecule has 1 rings (SSSR count). The summed E-state index contributed by atoms with van der Waals surface area (Å²) >= 11 is 0. The highest BCUT2D eigenvalue weighted by Gasteiger charge is 2.39. The van der Waals surface area contributed by atoms with Gasteiger partial charge in [0.1, 0.15) is 0 Å².